The van der Waals surface area contributed by atoms with Gasteiger partial charge in [-0.05, 0) is 29.3 Å². The van der Waals surface area contributed by atoms with Gasteiger partial charge in [0.1, 0.15) is 0 Å². The van der Waals surface area contributed by atoms with E-state index in [4.69, 9.17) is 0 Å². The number of hydrogen-bond acceptors (Lipinski definition) is 1. The lowest BCUT2D eigenvalue weighted by Crippen LogP contribution is -1.72. The van der Waals surface area contributed by atoms with Crippen molar-refractivity contribution in [2.24, 2.45) is 0 Å². The Kier molecular flexibility index (Phi) is 2.35. The van der Waals surface area contributed by atoms with E-state index in [1.807, 2.05) is 12.3 Å². The predicted molar refractivity (Wildman–Crippen MR) is 40.3 cm³/mol. The molecule has 0 saturated carbocycles. The Morgan fingerprint density at radius 1 is 1.78 bits per heavy atom. The molecular formula is C8H7S. The average Bonchev–Trinajstić information content (AvgIpc) is 2.34. The van der Waals surface area contributed by atoms with Crippen LogP contribution in [0.4, 0.5) is 0 Å². The van der Waals surface area contributed by atoms with Gasteiger partial charge in [0.25, 0.3) is 0 Å². The minimum absolute atomic E-state index is 0.847. The van der Waals surface area contributed by atoms with Gasteiger partial charge in [0.2, 0.25) is 0 Å². The second-order valence-corrected chi connectivity index (χ2v) is 2.39. The summed E-state index contributed by atoms with van der Waals surface area (Å²) >= 11 is 1.67. The van der Waals surface area contributed by atoms with Crippen LogP contribution in [0, 0.1) is 17.9 Å². The van der Waals surface area contributed by atoms with Gasteiger partial charge in [-0.25, -0.2) is 0 Å². The monoisotopic (exact) mass is 135 g/mol. The van der Waals surface area contributed by atoms with Crippen LogP contribution >= 0.6 is 11.3 Å². The Balaban J connectivity index is 2.54. The Bertz CT molecular complexity index is 210. The average molecular weight is 135 g/mol. The highest BCUT2D eigenvalue weighted by molar-refractivity contribution is 7.07. The van der Waals surface area contributed by atoms with Crippen LogP contribution in [0.1, 0.15) is 12.5 Å². The van der Waals surface area contributed by atoms with E-state index in [0.717, 1.165) is 6.42 Å². The predicted octanol–water partition coefficient (Wildman–Crippen LogP) is 2.11. The molecule has 45 valence electrons. The molecule has 9 heavy (non-hydrogen) atoms. The van der Waals surface area contributed by atoms with Crippen molar-refractivity contribution in [3.05, 3.63) is 22.4 Å². The zero-order valence-electron chi connectivity index (χ0n) is 5.27. The van der Waals surface area contributed by atoms with Crippen LogP contribution < -0.4 is 0 Å². The summed E-state index contributed by atoms with van der Waals surface area (Å²) in [6.45, 7) is 1.85. The molecule has 0 aliphatic carbocycles. The zero-order valence-corrected chi connectivity index (χ0v) is 6.09. The quantitative estimate of drug-likeness (QED) is 0.517. The number of rotatable bonds is 1. The van der Waals surface area contributed by atoms with Gasteiger partial charge in [-0.2, -0.15) is 11.3 Å². The summed E-state index contributed by atoms with van der Waals surface area (Å²) in [6, 6.07) is 3.09. The number of thiophene rings is 1. The molecule has 0 fully saturated rings. The molecule has 0 spiro atoms. The van der Waals surface area contributed by atoms with Crippen molar-refractivity contribution in [1.29, 1.82) is 0 Å². The van der Waals surface area contributed by atoms with E-state index in [-0.39, 0.29) is 0 Å². The van der Waals surface area contributed by atoms with Crippen molar-refractivity contribution >= 4 is 11.3 Å². The molecule has 1 heterocycles. The minimum Gasteiger partial charge on any atom is -0.151 e. The summed E-state index contributed by atoms with van der Waals surface area (Å²) < 4.78 is 0. The van der Waals surface area contributed by atoms with Crippen molar-refractivity contribution in [3.8, 4) is 11.8 Å². The fourth-order valence-electron chi connectivity index (χ4n) is 0.536. The van der Waals surface area contributed by atoms with Gasteiger partial charge in [0.15, 0.2) is 0 Å². The molecule has 1 radical (unpaired) electrons. The van der Waals surface area contributed by atoms with E-state index >= 15 is 0 Å². The maximum Gasteiger partial charge on any atom is 0.0354 e. The summed E-state index contributed by atoms with van der Waals surface area (Å²) in [5.74, 6) is 5.82. The molecule has 0 nitrogen and oxygen atoms in total. The van der Waals surface area contributed by atoms with Crippen LogP contribution in [0.3, 0.4) is 0 Å². The summed E-state index contributed by atoms with van der Waals surface area (Å²) in [5.41, 5.74) is 1.20. The topological polar surface area (TPSA) is 0 Å². The summed E-state index contributed by atoms with van der Waals surface area (Å²) in [6.07, 6.45) is 0.847. The molecule has 0 bridgehead atoms. The van der Waals surface area contributed by atoms with Gasteiger partial charge in [-0.15, -0.1) is 5.92 Å². The molecule has 0 aromatic carbocycles. The Morgan fingerprint density at radius 2 is 2.67 bits per heavy atom. The van der Waals surface area contributed by atoms with E-state index in [2.05, 4.69) is 23.3 Å². The highest BCUT2D eigenvalue weighted by Gasteiger charge is 1.86. The van der Waals surface area contributed by atoms with Crippen LogP contribution in [0.15, 0.2) is 10.8 Å². The first kappa shape index (κ1) is 6.38. The summed E-state index contributed by atoms with van der Waals surface area (Å²) in [4.78, 5) is 0. The third-order valence-corrected chi connectivity index (χ3v) is 1.65. The van der Waals surface area contributed by atoms with Gasteiger partial charge in [0, 0.05) is 6.42 Å². The van der Waals surface area contributed by atoms with Gasteiger partial charge in [-0.3, -0.25) is 0 Å². The van der Waals surface area contributed by atoms with Crippen LogP contribution in [0.25, 0.3) is 0 Å². The van der Waals surface area contributed by atoms with Crippen molar-refractivity contribution in [2.45, 2.75) is 13.3 Å². The molecule has 0 saturated heterocycles. The first-order valence-electron chi connectivity index (χ1n) is 2.76. The lowest BCUT2D eigenvalue weighted by molar-refractivity contribution is 1.35. The second kappa shape index (κ2) is 3.32. The molecule has 0 amide bonds. The van der Waals surface area contributed by atoms with Gasteiger partial charge >= 0.3 is 0 Å². The molecule has 1 rings (SSSR count). The molecule has 0 atom stereocenters. The molecule has 0 N–H and O–H groups in total. The highest BCUT2D eigenvalue weighted by atomic mass is 32.1. The van der Waals surface area contributed by atoms with E-state index < -0.39 is 0 Å². The smallest absolute Gasteiger partial charge is 0.0354 e. The number of hydrogen-bond donors (Lipinski definition) is 0. The van der Waals surface area contributed by atoms with Gasteiger partial charge in [-0.1, -0.05) is 5.92 Å². The lowest BCUT2D eigenvalue weighted by atomic mass is 10.2. The molecule has 0 aliphatic heterocycles. The second-order valence-electron chi connectivity index (χ2n) is 1.64. The van der Waals surface area contributed by atoms with Crippen LogP contribution in [0.5, 0.6) is 0 Å². The molecule has 1 heteroatoms. The van der Waals surface area contributed by atoms with E-state index in [1.165, 1.54) is 5.56 Å². The van der Waals surface area contributed by atoms with E-state index in [9.17, 15) is 0 Å². The zero-order chi connectivity index (χ0) is 6.53. The Hall–Kier alpha value is -0.740. The third-order valence-electron chi connectivity index (χ3n) is 0.978. The minimum atomic E-state index is 0.847. The maximum absolute atomic E-state index is 3.09. The highest BCUT2D eigenvalue weighted by Crippen LogP contribution is 2.04. The van der Waals surface area contributed by atoms with E-state index in [0.29, 0.717) is 0 Å². The summed E-state index contributed by atoms with van der Waals surface area (Å²) in [5, 5.41) is 4.02. The standard InChI is InChI=1S/C8H7S/c1-2-3-4-8-5-6-9-7-8/h6-7H,4H2,1H3. The van der Waals surface area contributed by atoms with Crippen LogP contribution in [0.2, 0.25) is 0 Å². The normalized spacial score (nSPS) is 8.11. The Labute approximate surface area is 59.5 Å². The van der Waals surface area contributed by atoms with Crippen LogP contribution in [-0.4, -0.2) is 0 Å². The Morgan fingerprint density at radius 3 is 3.22 bits per heavy atom. The maximum atomic E-state index is 3.09. The molecule has 0 unspecified atom stereocenters. The molecular weight excluding hydrogens is 128 g/mol. The lowest BCUT2D eigenvalue weighted by Gasteiger charge is -1.79. The van der Waals surface area contributed by atoms with E-state index in [1.54, 1.807) is 11.3 Å². The van der Waals surface area contributed by atoms with Crippen molar-refractivity contribution in [3.63, 3.8) is 0 Å². The largest absolute Gasteiger partial charge is 0.151 e. The first-order valence-corrected chi connectivity index (χ1v) is 3.70. The van der Waals surface area contributed by atoms with Crippen molar-refractivity contribution in [1.82, 2.24) is 0 Å². The third kappa shape index (κ3) is 1.91. The fourth-order valence-corrected chi connectivity index (χ4v) is 1.14. The van der Waals surface area contributed by atoms with Crippen LogP contribution in [-0.2, 0) is 6.42 Å². The van der Waals surface area contributed by atoms with Gasteiger partial charge in [0.05, 0.1) is 0 Å². The van der Waals surface area contributed by atoms with Crippen molar-refractivity contribution in [2.75, 3.05) is 0 Å². The molecule has 1 aromatic heterocycles. The summed E-state index contributed by atoms with van der Waals surface area (Å²) in [7, 11) is 0. The fraction of sp³-hybridized carbons (Fsp3) is 0.250. The van der Waals surface area contributed by atoms with Gasteiger partial charge < -0.3 is 0 Å². The molecule has 1 aromatic rings. The SMILES string of the molecule is CC#CCc1[c]csc1. The van der Waals surface area contributed by atoms with Crippen molar-refractivity contribution < 1.29 is 0 Å². The first-order chi connectivity index (χ1) is 4.43. The molecule has 0 aliphatic rings.